The lowest BCUT2D eigenvalue weighted by molar-refractivity contribution is -0.149. The Labute approximate surface area is 132 Å². The molecule has 1 atom stereocenters. The number of likely N-dealkylation sites (tertiary alicyclic amines) is 1. The highest BCUT2D eigenvalue weighted by Gasteiger charge is 2.44. The summed E-state index contributed by atoms with van der Waals surface area (Å²) in [4.78, 5) is 26.2. The average Bonchev–Trinajstić information content (AvgIpc) is 2.54. The lowest BCUT2D eigenvalue weighted by atomic mass is 9.72. The summed E-state index contributed by atoms with van der Waals surface area (Å²) in [5, 5.41) is 9.76. The first-order chi connectivity index (χ1) is 10.4. The number of carbonyl (C=O) groups is 2. The second-order valence-corrected chi connectivity index (χ2v) is 6.61. The summed E-state index contributed by atoms with van der Waals surface area (Å²) in [7, 11) is 0. The van der Waals surface area contributed by atoms with E-state index in [0.717, 1.165) is 5.56 Å². The topological polar surface area (TPSA) is 57.6 Å². The molecule has 1 N–H and O–H groups in total. The molecule has 1 fully saturated rings. The van der Waals surface area contributed by atoms with E-state index >= 15 is 0 Å². The summed E-state index contributed by atoms with van der Waals surface area (Å²) in [6, 6.07) is 9.39. The van der Waals surface area contributed by atoms with Crippen molar-refractivity contribution in [3.63, 3.8) is 0 Å². The highest BCUT2D eigenvalue weighted by atomic mass is 16.4. The van der Waals surface area contributed by atoms with E-state index in [9.17, 15) is 14.7 Å². The van der Waals surface area contributed by atoms with Gasteiger partial charge in [0.15, 0.2) is 0 Å². The van der Waals surface area contributed by atoms with Crippen LogP contribution in [0.5, 0.6) is 0 Å². The molecular formula is C18H25NO3. The number of hydrogen-bond donors (Lipinski definition) is 1. The van der Waals surface area contributed by atoms with Crippen molar-refractivity contribution in [2.75, 3.05) is 13.1 Å². The highest BCUT2D eigenvalue weighted by Crippen LogP contribution is 2.36. The predicted molar refractivity (Wildman–Crippen MR) is 85.6 cm³/mol. The van der Waals surface area contributed by atoms with Crippen LogP contribution < -0.4 is 0 Å². The second-order valence-electron chi connectivity index (χ2n) is 6.61. The van der Waals surface area contributed by atoms with Crippen LogP contribution in [0.3, 0.4) is 0 Å². The van der Waals surface area contributed by atoms with Gasteiger partial charge in [0, 0.05) is 19.0 Å². The first-order valence-electron chi connectivity index (χ1n) is 7.96. The molecule has 0 aromatic heterocycles. The maximum Gasteiger partial charge on any atom is 0.314 e. The smallest absolute Gasteiger partial charge is 0.314 e. The van der Waals surface area contributed by atoms with Gasteiger partial charge < -0.3 is 10.0 Å². The molecule has 0 spiro atoms. The number of piperidine rings is 1. The Balaban J connectivity index is 2.15. The van der Waals surface area contributed by atoms with Gasteiger partial charge in [0.25, 0.3) is 0 Å². The average molecular weight is 303 g/mol. The van der Waals surface area contributed by atoms with Gasteiger partial charge in [-0.3, -0.25) is 9.59 Å². The van der Waals surface area contributed by atoms with Crippen molar-refractivity contribution in [1.82, 2.24) is 4.90 Å². The van der Waals surface area contributed by atoms with Crippen LogP contribution in [0.25, 0.3) is 0 Å². The first kappa shape index (κ1) is 16.5. The quantitative estimate of drug-likeness (QED) is 0.930. The van der Waals surface area contributed by atoms with Crippen LogP contribution in [0.1, 0.15) is 39.2 Å². The van der Waals surface area contributed by atoms with Crippen LogP contribution in [0.4, 0.5) is 0 Å². The van der Waals surface area contributed by atoms with Crippen molar-refractivity contribution in [1.29, 1.82) is 0 Å². The summed E-state index contributed by atoms with van der Waals surface area (Å²) in [5.74, 6) is -0.369. The maximum absolute atomic E-state index is 12.4. The molecule has 0 saturated carbocycles. The molecule has 1 heterocycles. The minimum atomic E-state index is -0.862. The van der Waals surface area contributed by atoms with E-state index in [-0.39, 0.29) is 11.8 Å². The van der Waals surface area contributed by atoms with Crippen LogP contribution in [0.15, 0.2) is 30.3 Å². The zero-order valence-corrected chi connectivity index (χ0v) is 13.6. The normalized spacial score (nSPS) is 19.0. The number of amides is 1. The Kier molecular flexibility index (Phi) is 4.89. The Morgan fingerprint density at radius 1 is 1.09 bits per heavy atom. The van der Waals surface area contributed by atoms with E-state index in [1.807, 2.05) is 56.0 Å². The number of aliphatic carboxylic acids is 1. The number of carboxylic acids is 1. The van der Waals surface area contributed by atoms with Gasteiger partial charge in [0.05, 0.1) is 5.41 Å². The predicted octanol–water partition coefficient (Wildman–Crippen LogP) is 2.92. The van der Waals surface area contributed by atoms with E-state index < -0.39 is 11.4 Å². The molecule has 1 saturated heterocycles. The molecule has 120 valence electrons. The zero-order valence-electron chi connectivity index (χ0n) is 13.6. The molecule has 0 aliphatic carbocycles. The van der Waals surface area contributed by atoms with Gasteiger partial charge in [-0.1, -0.05) is 51.1 Å². The van der Waals surface area contributed by atoms with E-state index in [1.54, 1.807) is 0 Å². The van der Waals surface area contributed by atoms with E-state index in [0.29, 0.717) is 31.8 Å². The molecule has 0 bridgehead atoms. The van der Waals surface area contributed by atoms with Gasteiger partial charge in [-0.2, -0.15) is 0 Å². The summed E-state index contributed by atoms with van der Waals surface area (Å²) in [6.45, 7) is 7.05. The molecule has 4 nitrogen and oxygen atoms in total. The van der Waals surface area contributed by atoms with Crippen molar-refractivity contribution in [3.8, 4) is 0 Å². The third-order valence-corrected chi connectivity index (χ3v) is 5.05. The third-order valence-electron chi connectivity index (χ3n) is 5.05. The van der Waals surface area contributed by atoms with Crippen molar-refractivity contribution in [2.24, 2.45) is 11.8 Å². The fourth-order valence-electron chi connectivity index (χ4n) is 3.07. The Hall–Kier alpha value is -1.84. The Morgan fingerprint density at radius 2 is 1.64 bits per heavy atom. The monoisotopic (exact) mass is 303 g/mol. The Morgan fingerprint density at radius 3 is 2.09 bits per heavy atom. The molecule has 22 heavy (non-hydrogen) atoms. The zero-order chi connectivity index (χ0) is 16.3. The van der Waals surface area contributed by atoms with Crippen LogP contribution in [-0.4, -0.2) is 35.0 Å². The minimum Gasteiger partial charge on any atom is -0.481 e. The molecule has 1 aliphatic heterocycles. The molecule has 1 amide bonds. The number of rotatable bonds is 4. The van der Waals surface area contributed by atoms with Crippen molar-refractivity contribution >= 4 is 11.9 Å². The molecule has 2 rings (SSSR count). The third kappa shape index (κ3) is 3.01. The molecule has 1 aromatic carbocycles. The summed E-state index contributed by atoms with van der Waals surface area (Å²) >= 11 is 0. The van der Waals surface area contributed by atoms with Crippen LogP contribution in [0.2, 0.25) is 0 Å². The summed E-state index contributed by atoms with van der Waals surface area (Å²) < 4.78 is 0. The van der Waals surface area contributed by atoms with Gasteiger partial charge in [-0.05, 0) is 24.3 Å². The minimum absolute atomic E-state index is 0.0194. The number of carboxylic acid groups (broad SMARTS) is 1. The van der Waals surface area contributed by atoms with Gasteiger partial charge in [-0.25, -0.2) is 0 Å². The maximum atomic E-state index is 12.4. The number of carbonyl (C=O) groups excluding carboxylic acids is 1. The lowest BCUT2D eigenvalue weighted by Crippen LogP contribution is -2.50. The number of nitrogens with zero attached hydrogens (tertiary/aromatic N) is 1. The summed E-state index contributed by atoms with van der Waals surface area (Å²) in [6.07, 6.45) is 0.950. The van der Waals surface area contributed by atoms with Crippen molar-refractivity contribution in [3.05, 3.63) is 35.9 Å². The van der Waals surface area contributed by atoms with Crippen molar-refractivity contribution in [2.45, 2.75) is 39.0 Å². The lowest BCUT2D eigenvalue weighted by Gasteiger charge is -2.40. The highest BCUT2D eigenvalue weighted by molar-refractivity contribution is 5.83. The molecule has 1 aromatic rings. The SMILES string of the molecule is CC(C)C(C)C(=O)N1CCC(C(=O)O)(c2ccccc2)CC1. The first-order valence-corrected chi connectivity index (χ1v) is 7.96. The van der Waals surface area contributed by atoms with Gasteiger partial charge >= 0.3 is 5.97 Å². The number of benzene rings is 1. The fraction of sp³-hybridized carbons (Fsp3) is 0.556. The van der Waals surface area contributed by atoms with Gasteiger partial charge in [0.1, 0.15) is 0 Å². The van der Waals surface area contributed by atoms with Crippen molar-refractivity contribution < 1.29 is 14.7 Å². The standard InChI is InChI=1S/C18H25NO3/c1-13(2)14(3)16(20)19-11-9-18(10-12-19,17(21)22)15-7-5-4-6-8-15/h4-8,13-14H,9-12H2,1-3H3,(H,21,22). The molecule has 1 unspecified atom stereocenters. The van der Waals surface area contributed by atoms with Crippen LogP contribution in [0, 0.1) is 11.8 Å². The molecular weight excluding hydrogens is 278 g/mol. The van der Waals surface area contributed by atoms with Crippen LogP contribution in [-0.2, 0) is 15.0 Å². The summed E-state index contributed by atoms with van der Waals surface area (Å²) in [5.41, 5.74) is -0.0226. The largest absolute Gasteiger partial charge is 0.481 e. The van der Waals surface area contributed by atoms with E-state index in [2.05, 4.69) is 0 Å². The molecule has 4 heteroatoms. The van der Waals surface area contributed by atoms with E-state index in [4.69, 9.17) is 0 Å². The molecule has 0 radical (unpaired) electrons. The van der Waals surface area contributed by atoms with Gasteiger partial charge in [-0.15, -0.1) is 0 Å². The Bertz CT molecular complexity index is 531. The van der Waals surface area contributed by atoms with Crippen LogP contribution >= 0.6 is 0 Å². The fourth-order valence-corrected chi connectivity index (χ4v) is 3.07. The van der Waals surface area contributed by atoms with Gasteiger partial charge in [0.2, 0.25) is 5.91 Å². The molecule has 1 aliphatic rings. The van der Waals surface area contributed by atoms with E-state index in [1.165, 1.54) is 0 Å². The second kappa shape index (κ2) is 6.51. The number of hydrogen-bond acceptors (Lipinski definition) is 2.